The molecular weight excluding hydrogens is 372 g/mol. The first-order chi connectivity index (χ1) is 11.4. The van der Waals surface area contributed by atoms with Gasteiger partial charge in [-0.2, -0.15) is 0 Å². The van der Waals surface area contributed by atoms with Gasteiger partial charge in [0.25, 0.3) is 10.0 Å². The molecule has 0 spiro atoms. The van der Waals surface area contributed by atoms with Crippen molar-refractivity contribution in [3.05, 3.63) is 53.6 Å². The lowest BCUT2D eigenvalue weighted by Gasteiger charge is -2.09. The second-order valence-electron chi connectivity index (χ2n) is 4.57. The zero-order valence-electron chi connectivity index (χ0n) is 12.7. The Morgan fingerprint density at radius 3 is 2.33 bits per heavy atom. The summed E-state index contributed by atoms with van der Waals surface area (Å²) in [6.07, 6.45) is 0. The van der Waals surface area contributed by atoms with E-state index in [9.17, 15) is 13.2 Å². The lowest BCUT2D eigenvalue weighted by Crippen LogP contribution is -2.42. The maximum atomic E-state index is 12.1. The summed E-state index contributed by atoms with van der Waals surface area (Å²) in [5.41, 5.74) is 2.18. The first-order valence-electron chi connectivity index (χ1n) is 6.74. The number of nitrogens with one attached hydrogen (secondary N) is 2. The van der Waals surface area contributed by atoms with Crippen LogP contribution in [0.3, 0.4) is 0 Å². The van der Waals surface area contributed by atoms with Crippen molar-refractivity contribution in [3.63, 3.8) is 0 Å². The fourth-order valence-electron chi connectivity index (χ4n) is 1.65. The molecule has 6 nitrogen and oxygen atoms in total. The number of benzene rings is 2. The molecule has 2 aromatic carbocycles. The highest BCUT2D eigenvalue weighted by Crippen LogP contribution is 2.20. The smallest absolute Gasteiger partial charge is 0.257 e. The summed E-state index contributed by atoms with van der Waals surface area (Å²) >= 11 is 7.04. The SMILES string of the molecule is COc1ccc(S(=O)(=O)NNC(=O)CSc2ccc(Cl)cc2)cc1. The molecule has 24 heavy (non-hydrogen) atoms. The summed E-state index contributed by atoms with van der Waals surface area (Å²) in [6.45, 7) is 0. The van der Waals surface area contributed by atoms with E-state index < -0.39 is 15.9 Å². The highest BCUT2D eigenvalue weighted by Gasteiger charge is 2.15. The van der Waals surface area contributed by atoms with Gasteiger partial charge >= 0.3 is 0 Å². The quantitative estimate of drug-likeness (QED) is 0.564. The van der Waals surface area contributed by atoms with Crippen LogP contribution in [0.4, 0.5) is 0 Å². The molecule has 9 heteroatoms. The molecule has 2 N–H and O–H groups in total. The van der Waals surface area contributed by atoms with E-state index in [1.54, 1.807) is 24.3 Å². The van der Waals surface area contributed by atoms with Crippen molar-refractivity contribution in [2.45, 2.75) is 9.79 Å². The summed E-state index contributed by atoms with van der Waals surface area (Å²) in [4.78, 5) is 14.7. The fourth-order valence-corrected chi connectivity index (χ4v) is 3.34. The average Bonchev–Trinajstić information content (AvgIpc) is 2.59. The molecule has 0 bridgehead atoms. The molecular formula is C15H15ClN2O4S2. The third kappa shape index (κ3) is 5.41. The van der Waals surface area contributed by atoms with Crippen molar-refractivity contribution in [3.8, 4) is 5.75 Å². The van der Waals surface area contributed by atoms with Crippen LogP contribution in [0.25, 0.3) is 0 Å². The minimum Gasteiger partial charge on any atom is -0.497 e. The third-order valence-corrected chi connectivity index (χ3v) is 5.41. The molecule has 128 valence electrons. The van der Waals surface area contributed by atoms with Crippen LogP contribution >= 0.6 is 23.4 Å². The van der Waals surface area contributed by atoms with Gasteiger partial charge in [0.1, 0.15) is 5.75 Å². The Morgan fingerprint density at radius 1 is 1.12 bits per heavy atom. The number of halogens is 1. The molecule has 0 heterocycles. The van der Waals surface area contributed by atoms with Crippen LogP contribution in [0.5, 0.6) is 5.75 Å². The van der Waals surface area contributed by atoms with E-state index in [1.807, 2.05) is 0 Å². The van der Waals surface area contributed by atoms with E-state index >= 15 is 0 Å². The maximum absolute atomic E-state index is 12.1. The second kappa shape index (κ2) is 8.39. The van der Waals surface area contributed by atoms with Gasteiger partial charge in [0.15, 0.2) is 0 Å². The molecule has 0 aliphatic carbocycles. The monoisotopic (exact) mass is 386 g/mol. The zero-order chi connectivity index (χ0) is 17.6. The van der Waals surface area contributed by atoms with E-state index in [0.717, 1.165) is 4.90 Å². The Morgan fingerprint density at radius 2 is 1.75 bits per heavy atom. The van der Waals surface area contributed by atoms with Gasteiger partial charge in [0.05, 0.1) is 17.8 Å². The molecule has 2 aromatic rings. The molecule has 0 aliphatic heterocycles. The number of sulfonamides is 1. The second-order valence-corrected chi connectivity index (χ2v) is 7.74. The summed E-state index contributed by atoms with van der Waals surface area (Å²) < 4.78 is 29.1. The molecule has 0 saturated carbocycles. The van der Waals surface area contributed by atoms with E-state index in [2.05, 4.69) is 10.3 Å². The van der Waals surface area contributed by atoms with Crippen molar-refractivity contribution < 1.29 is 17.9 Å². The first-order valence-corrected chi connectivity index (χ1v) is 9.58. The van der Waals surface area contributed by atoms with Crippen molar-refractivity contribution in [1.29, 1.82) is 0 Å². The summed E-state index contributed by atoms with van der Waals surface area (Å²) in [7, 11) is -2.35. The third-order valence-electron chi connectivity index (χ3n) is 2.88. The Kier molecular flexibility index (Phi) is 6.50. The molecule has 0 saturated heterocycles. The van der Waals surface area contributed by atoms with Crippen molar-refractivity contribution in [1.82, 2.24) is 10.3 Å². The van der Waals surface area contributed by atoms with E-state index in [-0.39, 0.29) is 10.6 Å². The van der Waals surface area contributed by atoms with E-state index in [4.69, 9.17) is 16.3 Å². The predicted molar refractivity (Wildman–Crippen MR) is 93.6 cm³/mol. The minimum atomic E-state index is -3.83. The Bertz CT molecular complexity index is 793. The van der Waals surface area contributed by atoms with Crippen molar-refractivity contribution >= 4 is 39.3 Å². The largest absolute Gasteiger partial charge is 0.497 e. The van der Waals surface area contributed by atoms with Gasteiger partial charge in [-0.15, -0.1) is 16.6 Å². The molecule has 0 unspecified atom stereocenters. The molecule has 0 aromatic heterocycles. The molecule has 0 aliphatic rings. The summed E-state index contributed by atoms with van der Waals surface area (Å²) in [5.74, 6) is 0.136. The number of ether oxygens (including phenoxy) is 1. The Balaban J connectivity index is 1.86. The number of carbonyl (C=O) groups excluding carboxylic acids is 1. The number of thioether (sulfide) groups is 1. The lowest BCUT2D eigenvalue weighted by atomic mass is 10.3. The number of hydrazine groups is 1. The predicted octanol–water partition coefficient (Wildman–Crippen LogP) is 2.45. The lowest BCUT2D eigenvalue weighted by molar-refractivity contribution is -0.119. The van der Waals surface area contributed by atoms with Gasteiger partial charge in [-0.3, -0.25) is 10.2 Å². The molecule has 0 atom stereocenters. The zero-order valence-corrected chi connectivity index (χ0v) is 15.0. The number of amides is 1. The number of methoxy groups -OCH3 is 1. The maximum Gasteiger partial charge on any atom is 0.257 e. The van der Waals surface area contributed by atoms with Gasteiger partial charge in [-0.25, -0.2) is 8.42 Å². The van der Waals surface area contributed by atoms with E-state index in [1.165, 1.54) is 43.1 Å². The number of hydrogen-bond acceptors (Lipinski definition) is 5. The van der Waals surface area contributed by atoms with Crippen LogP contribution in [0, 0.1) is 0 Å². The number of rotatable bonds is 7. The molecule has 2 rings (SSSR count). The molecule has 1 amide bonds. The normalized spacial score (nSPS) is 11.1. The number of hydrogen-bond donors (Lipinski definition) is 2. The van der Waals surface area contributed by atoms with Gasteiger partial charge in [0, 0.05) is 9.92 Å². The van der Waals surface area contributed by atoms with Crippen LogP contribution in [-0.4, -0.2) is 27.2 Å². The van der Waals surface area contributed by atoms with Gasteiger partial charge in [-0.05, 0) is 48.5 Å². The van der Waals surface area contributed by atoms with Crippen LogP contribution in [-0.2, 0) is 14.8 Å². The van der Waals surface area contributed by atoms with Crippen molar-refractivity contribution in [2.24, 2.45) is 0 Å². The van der Waals surface area contributed by atoms with Gasteiger partial charge in [0.2, 0.25) is 5.91 Å². The van der Waals surface area contributed by atoms with Crippen LogP contribution in [0.1, 0.15) is 0 Å². The van der Waals surface area contributed by atoms with Gasteiger partial charge in [-0.1, -0.05) is 11.6 Å². The first kappa shape index (κ1) is 18.6. The Hall–Kier alpha value is -1.74. The highest BCUT2D eigenvalue weighted by atomic mass is 35.5. The fraction of sp³-hybridized carbons (Fsp3) is 0.133. The number of carbonyl (C=O) groups is 1. The van der Waals surface area contributed by atoms with Gasteiger partial charge < -0.3 is 4.74 Å². The van der Waals surface area contributed by atoms with Crippen LogP contribution in [0.2, 0.25) is 5.02 Å². The molecule has 0 radical (unpaired) electrons. The molecule has 0 fully saturated rings. The van der Waals surface area contributed by atoms with Crippen LogP contribution in [0.15, 0.2) is 58.3 Å². The average molecular weight is 387 g/mol. The highest BCUT2D eigenvalue weighted by molar-refractivity contribution is 8.00. The minimum absolute atomic E-state index is 0.0222. The van der Waals surface area contributed by atoms with Crippen molar-refractivity contribution in [2.75, 3.05) is 12.9 Å². The van der Waals surface area contributed by atoms with Crippen LogP contribution < -0.4 is 15.0 Å². The summed E-state index contributed by atoms with van der Waals surface area (Å²) in [6, 6.07) is 12.8. The Labute approximate surface area is 149 Å². The standard InChI is InChI=1S/C15H15ClN2O4S2/c1-22-12-4-8-14(9-5-12)24(20,21)18-17-15(19)10-23-13-6-2-11(16)3-7-13/h2-9,18H,10H2,1H3,(H,17,19). The summed E-state index contributed by atoms with van der Waals surface area (Å²) in [5, 5.41) is 0.607. The van der Waals surface area contributed by atoms with E-state index in [0.29, 0.717) is 10.8 Å². The topological polar surface area (TPSA) is 84.5 Å².